The van der Waals surface area contributed by atoms with Crippen molar-refractivity contribution in [1.29, 1.82) is 0 Å². The van der Waals surface area contributed by atoms with Crippen LogP contribution in [0.3, 0.4) is 0 Å². The van der Waals surface area contributed by atoms with Crippen molar-refractivity contribution >= 4 is 11.6 Å². The maximum Gasteiger partial charge on any atom is 0.409 e. The first-order valence-corrected chi connectivity index (χ1v) is 5.21. The smallest absolute Gasteiger partial charge is 0.315 e. The molecule has 0 aliphatic carbocycles. The van der Waals surface area contributed by atoms with Gasteiger partial charge in [-0.05, 0) is 25.7 Å². The molecule has 0 saturated carbocycles. The van der Waals surface area contributed by atoms with Gasteiger partial charge in [0.25, 0.3) is 0 Å². The van der Waals surface area contributed by atoms with Crippen LogP contribution in [-0.2, 0) is 6.54 Å². The normalized spacial score (nSPS) is 14.1. The SMILES string of the molecule is CN(C)Cc1cnc([C@@H](N)C(F)(F)F)c(Cl)c1. The molecule has 1 aromatic heterocycles. The molecule has 0 aromatic carbocycles. The molecule has 96 valence electrons. The summed E-state index contributed by atoms with van der Waals surface area (Å²) in [4.78, 5) is 5.55. The molecule has 1 atom stereocenters. The van der Waals surface area contributed by atoms with Gasteiger partial charge in [0.2, 0.25) is 0 Å². The average Bonchev–Trinajstić information content (AvgIpc) is 2.14. The highest BCUT2D eigenvalue weighted by molar-refractivity contribution is 6.31. The van der Waals surface area contributed by atoms with E-state index in [9.17, 15) is 13.2 Å². The van der Waals surface area contributed by atoms with Crippen LogP contribution in [0.25, 0.3) is 0 Å². The van der Waals surface area contributed by atoms with Crippen LogP contribution in [0, 0.1) is 0 Å². The number of nitrogens with two attached hydrogens (primary N) is 1. The number of halogens is 4. The number of aromatic nitrogens is 1. The predicted molar refractivity (Wildman–Crippen MR) is 59.6 cm³/mol. The Morgan fingerprint density at radius 3 is 2.47 bits per heavy atom. The van der Waals surface area contributed by atoms with Gasteiger partial charge in [-0.25, -0.2) is 0 Å². The lowest BCUT2D eigenvalue weighted by atomic mass is 10.1. The van der Waals surface area contributed by atoms with Crippen molar-refractivity contribution in [3.63, 3.8) is 0 Å². The summed E-state index contributed by atoms with van der Waals surface area (Å²) in [5.74, 6) is 0. The van der Waals surface area contributed by atoms with E-state index in [0.29, 0.717) is 6.54 Å². The monoisotopic (exact) mass is 267 g/mol. The molecule has 0 amide bonds. The Morgan fingerprint density at radius 1 is 1.47 bits per heavy atom. The summed E-state index contributed by atoms with van der Waals surface area (Å²) >= 11 is 5.75. The molecule has 2 N–H and O–H groups in total. The Morgan fingerprint density at radius 2 is 2.06 bits per heavy atom. The fourth-order valence-electron chi connectivity index (χ4n) is 1.32. The summed E-state index contributed by atoms with van der Waals surface area (Å²) in [5.41, 5.74) is 5.43. The molecule has 0 bridgehead atoms. The number of alkyl halides is 3. The van der Waals surface area contributed by atoms with E-state index in [-0.39, 0.29) is 10.7 Å². The number of hydrogen-bond donors (Lipinski definition) is 1. The lowest BCUT2D eigenvalue weighted by Gasteiger charge is -2.17. The lowest BCUT2D eigenvalue weighted by Crippen LogP contribution is -2.29. The van der Waals surface area contributed by atoms with Crippen LogP contribution in [0.15, 0.2) is 12.3 Å². The Labute approximate surface area is 102 Å². The van der Waals surface area contributed by atoms with Gasteiger partial charge in [0.05, 0.1) is 10.7 Å². The molecule has 0 unspecified atom stereocenters. The second-order valence-corrected chi connectivity index (χ2v) is 4.37. The molecule has 7 heteroatoms. The van der Waals surface area contributed by atoms with Crippen molar-refractivity contribution in [2.75, 3.05) is 14.1 Å². The Bertz CT molecular complexity index is 393. The van der Waals surface area contributed by atoms with E-state index >= 15 is 0 Å². The maximum absolute atomic E-state index is 12.4. The molecule has 0 spiro atoms. The zero-order chi connectivity index (χ0) is 13.2. The number of rotatable bonds is 3. The second kappa shape index (κ2) is 5.20. The molecule has 0 aliphatic rings. The molecular weight excluding hydrogens is 255 g/mol. The third kappa shape index (κ3) is 3.83. The minimum absolute atomic E-state index is 0.0609. The highest BCUT2D eigenvalue weighted by Gasteiger charge is 2.39. The van der Waals surface area contributed by atoms with Gasteiger partial charge in [0, 0.05) is 12.7 Å². The summed E-state index contributed by atoms with van der Waals surface area (Å²) in [6, 6.07) is -0.696. The maximum atomic E-state index is 12.4. The fraction of sp³-hybridized carbons (Fsp3) is 0.500. The van der Waals surface area contributed by atoms with Crippen LogP contribution in [0.1, 0.15) is 17.3 Å². The Balaban J connectivity index is 2.98. The van der Waals surface area contributed by atoms with Crippen LogP contribution in [0.5, 0.6) is 0 Å². The van der Waals surface area contributed by atoms with Crippen molar-refractivity contribution in [2.45, 2.75) is 18.8 Å². The van der Waals surface area contributed by atoms with Gasteiger partial charge < -0.3 is 10.6 Å². The van der Waals surface area contributed by atoms with Crippen LogP contribution >= 0.6 is 11.6 Å². The quantitative estimate of drug-likeness (QED) is 0.914. The first-order valence-electron chi connectivity index (χ1n) is 4.83. The molecule has 0 saturated heterocycles. The van der Waals surface area contributed by atoms with E-state index in [4.69, 9.17) is 17.3 Å². The highest BCUT2D eigenvalue weighted by Crippen LogP contribution is 2.33. The lowest BCUT2D eigenvalue weighted by molar-refractivity contribution is -0.149. The molecule has 1 rings (SSSR count). The van der Waals surface area contributed by atoms with Gasteiger partial charge in [0.1, 0.15) is 6.04 Å². The summed E-state index contributed by atoms with van der Waals surface area (Å²) in [5, 5.41) is -0.0609. The number of nitrogens with zero attached hydrogens (tertiary/aromatic N) is 2. The van der Waals surface area contributed by atoms with E-state index in [2.05, 4.69) is 4.98 Å². The minimum Gasteiger partial charge on any atom is -0.315 e. The van der Waals surface area contributed by atoms with Crippen LogP contribution in [0.2, 0.25) is 5.02 Å². The van der Waals surface area contributed by atoms with Crippen molar-refractivity contribution in [3.8, 4) is 0 Å². The van der Waals surface area contributed by atoms with Crippen molar-refractivity contribution in [3.05, 3.63) is 28.5 Å². The van der Waals surface area contributed by atoms with E-state index < -0.39 is 12.2 Å². The van der Waals surface area contributed by atoms with Crippen molar-refractivity contribution in [2.24, 2.45) is 5.73 Å². The average molecular weight is 268 g/mol. The van der Waals surface area contributed by atoms with Crippen molar-refractivity contribution < 1.29 is 13.2 Å². The summed E-state index contributed by atoms with van der Waals surface area (Å²) in [6.07, 6.45) is -3.19. The largest absolute Gasteiger partial charge is 0.409 e. The molecule has 0 fully saturated rings. The zero-order valence-corrected chi connectivity index (χ0v) is 10.2. The minimum atomic E-state index is -4.54. The van der Waals surface area contributed by atoms with Gasteiger partial charge >= 0.3 is 6.18 Å². The standard InChI is InChI=1S/C10H13ClF3N3/c1-17(2)5-6-3-7(11)8(16-4-6)9(15)10(12,13)14/h3-4,9H,5,15H2,1-2H3/t9-/m1/s1. The zero-order valence-electron chi connectivity index (χ0n) is 9.42. The van der Waals surface area contributed by atoms with Gasteiger partial charge in [-0.2, -0.15) is 13.2 Å². The van der Waals surface area contributed by atoms with E-state index in [0.717, 1.165) is 5.56 Å². The van der Waals surface area contributed by atoms with Gasteiger partial charge in [-0.1, -0.05) is 11.6 Å². The second-order valence-electron chi connectivity index (χ2n) is 3.97. The Hall–Kier alpha value is -0.850. The molecule has 1 aromatic rings. The van der Waals surface area contributed by atoms with Crippen LogP contribution in [-0.4, -0.2) is 30.2 Å². The van der Waals surface area contributed by atoms with Crippen molar-refractivity contribution in [1.82, 2.24) is 9.88 Å². The van der Waals surface area contributed by atoms with Gasteiger partial charge in [0.15, 0.2) is 0 Å². The summed E-state index contributed by atoms with van der Waals surface area (Å²) in [7, 11) is 3.67. The van der Waals surface area contributed by atoms with E-state index in [1.54, 1.807) is 0 Å². The van der Waals surface area contributed by atoms with Gasteiger partial charge in [-0.15, -0.1) is 0 Å². The molecular formula is C10H13ClF3N3. The predicted octanol–water partition coefficient (Wildman–Crippen LogP) is 2.36. The molecule has 0 radical (unpaired) electrons. The number of pyridine rings is 1. The van der Waals surface area contributed by atoms with Gasteiger partial charge in [-0.3, -0.25) is 4.98 Å². The molecule has 3 nitrogen and oxygen atoms in total. The first-order chi connectivity index (χ1) is 7.71. The molecule has 17 heavy (non-hydrogen) atoms. The number of hydrogen-bond acceptors (Lipinski definition) is 3. The first kappa shape index (κ1) is 14.2. The molecule has 1 heterocycles. The highest BCUT2D eigenvalue weighted by atomic mass is 35.5. The van der Waals surface area contributed by atoms with E-state index in [1.165, 1.54) is 12.3 Å². The third-order valence-corrected chi connectivity index (χ3v) is 2.38. The van der Waals surface area contributed by atoms with E-state index in [1.807, 2.05) is 19.0 Å². The Kier molecular flexibility index (Phi) is 4.35. The third-order valence-electron chi connectivity index (χ3n) is 2.07. The van der Waals surface area contributed by atoms with Crippen LogP contribution < -0.4 is 5.73 Å². The fourth-order valence-corrected chi connectivity index (χ4v) is 1.63. The van der Waals surface area contributed by atoms with Crippen LogP contribution in [0.4, 0.5) is 13.2 Å². The summed E-state index contributed by atoms with van der Waals surface area (Å²) in [6.45, 7) is 0.550. The summed E-state index contributed by atoms with van der Waals surface area (Å²) < 4.78 is 37.2. The molecule has 0 aliphatic heterocycles. The topological polar surface area (TPSA) is 42.2 Å².